The highest BCUT2D eigenvalue weighted by molar-refractivity contribution is 5.81. The summed E-state index contributed by atoms with van der Waals surface area (Å²) in [6, 6.07) is 3.16. The lowest BCUT2D eigenvalue weighted by Crippen LogP contribution is -2.40. The topological polar surface area (TPSA) is 55.6 Å². The number of anilines is 2. The molecule has 0 aliphatic carbocycles. The number of hydrogen-bond acceptors (Lipinski definition) is 4. The van der Waals surface area contributed by atoms with Gasteiger partial charge in [0.15, 0.2) is 0 Å². The van der Waals surface area contributed by atoms with Crippen LogP contribution in [0.15, 0.2) is 18.2 Å². The standard InChI is InChI=1S/C16H21F3N2O2/c1-15(2,3)23-14(22)13-5-4-8-21(13)10-6-7-12(20)11(9-10)16(17,18)19/h6-7,9,13H,4-5,8,20H2,1-3H3/t13-/m0/s1. The van der Waals surface area contributed by atoms with Crippen LogP contribution >= 0.6 is 0 Å². The molecule has 0 saturated carbocycles. The van der Waals surface area contributed by atoms with Crippen molar-refractivity contribution < 1.29 is 22.7 Å². The second-order valence-corrected chi connectivity index (χ2v) is 6.65. The normalized spacial score (nSPS) is 19.0. The second kappa shape index (κ2) is 5.94. The Labute approximate surface area is 133 Å². The van der Waals surface area contributed by atoms with Crippen molar-refractivity contribution in [3.05, 3.63) is 23.8 Å². The van der Waals surface area contributed by atoms with Crippen LogP contribution in [-0.4, -0.2) is 24.2 Å². The summed E-state index contributed by atoms with van der Waals surface area (Å²) in [6.45, 7) is 5.78. The molecule has 2 rings (SSSR count). The van der Waals surface area contributed by atoms with Gasteiger partial charge in [0.05, 0.1) is 5.56 Å². The highest BCUT2D eigenvalue weighted by Gasteiger charge is 2.37. The molecule has 4 nitrogen and oxygen atoms in total. The number of hydrogen-bond donors (Lipinski definition) is 1. The molecule has 128 valence electrons. The number of ether oxygens (including phenoxy) is 1. The number of nitrogen functional groups attached to an aromatic ring is 1. The quantitative estimate of drug-likeness (QED) is 0.665. The third-order valence-electron chi connectivity index (χ3n) is 3.61. The number of alkyl halides is 3. The first-order chi connectivity index (χ1) is 10.5. The minimum atomic E-state index is -4.53. The molecule has 0 bridgehead atoms. The molecule has 1 saturated heterocycles. The van der Waals surface area contributed by atoms with Gasteiger partial charge in [-0.25, -0.2) is 4.79 Å². The van der Waals surface area contributed by atoms with Crippen molar-refractivity contribution in [2.24, 2.45) is 0 Å². The molecule has 1 fully saturated rings. The van der Waals surface area contributed by atoms with E-state index in [-0.39, 0.29) is 5.69 Å². The Morgan fingerprint density at radius 2 is 1.96 bits per heavy atom. The summed E-state index contributed by atoms with van der Waals surface area (Å²) in [5.74, 6) is -0.416. The molecule has 1 atom stereocenters. The molecule has 1 aliphatic heterocycles. The van der Waals surface area contributed by atoms with E-state index in [0.29, 0.717) is 18.7 Å². The van der Waals surface area contributed by atoms with Gasteiger partial charge < -0.3 is 15.4 Å². The fourth-order valence-corrected chi connectivity index (χ4v) is 2.66. The maximum atomic E-state index is 13.0. The van der Waals surface area contributed by atoms with E-state index in [4.69, 9.17) is 10.5 Å². The summed E-state index contributed by atoms with van der Waals surface area (Å²) < 4.78 is 44.4. The van der Waals surface area contributed by atoms with Gasteiger partial charge in [0.1, 0.15) is 11.6 Å². The van der Waals surface area contributed by atoms with Crippen LogP contribution in [0.4, 0.5) is 24.5 Å². The molecule has 2 N–H and O–H groups in total. The number of rotatable bonds is 2. The molecule has 1 heterocycles. The fraction of sp³-hybridized carbons (Fsp3) is 0.562. The van der Waals surface area contributed by atoms with Gasteiger partial charge in [-0.3, -0.25) is 0 Å². The van der Waals surface area contributed by atoms with Crippen LogP contribution in [0, 0.1) is 0 Å². The molecule has 0 aromatic heterocycles. The Morgan fingerprint density at radius 1 is 1.30 bits per heavy atom. The van der Waals surface area contributed by atoms with E-state index in [2.05, 4.69) is 0 Å². The summed E-state index contributed by atoms with van der Waals surface area (Å²) in [5.41, 5.74) is 3.91. The molecule has 1 aliphatic rings. The van der Waals surface area contributed by atoms with Crippen LogP contribution in [-0.2, 0) is 15.7 Å². The zero-order valence-electron chi connectivity index (χ0n) is 13.4. The van der Waals surface area contributed by atoms with Gasteiger partial charge in [-0.05, 0) is 51.8 Å². The maximum absolute atomic E-state index is 13.0. The number of nitrogens with two attached hydrogens (primary N) is 1. The van der Waals surface area contributed by atoms with Gasteiger partial charge in [-0.1, -0.05) is 0 Å². The Bertz CT molecular complexity index is 594. The number of esters is 1. The third-order valence-corrected chi connectivity index (χ3v) is 3.61. The van der Waals surface area contributed by atoms with Gasteiger partial charge in [0.25, 0.3) is 0 Å². The lowest BCUT2D eigenvalue weighted by molar-refractivity contribution is -0.156. The highest BCUT2D eigenvalue weighted by Crippen LogP contribution is 2.37. The molecule has 1 aromatic carbocycles. The smallest absolute Gasteiger partial charge is 0.418 e. The van der Waals surface area contributed by atoms with Crippen LogP contribution in [0.1, 0.15) is 39.2 Å². The highest BCUT2D eigenvalue weighted by atomic mass is 19.4. The van der Waals surface area contributed by atoms with E-state index in [9.17, 15) is 18.0 Å². The number of nitrogens with zero attached hydrogens (tertiary/aromatic N) is 1. The predicted molar refractivity (Wildman–Crippen MR) is 82.1 cm³/mol. The van der Waals surface area contributed by atoms with Crippen molar-refractivity contribution in [2.75, 3.05) is 17.2 Å². The van der Waals surface area contributed by atoms with Crippen molar-refractivity contribution in [3.8, 4) is 0 Å². The maximum Gasteiger partial charge on any atom is 0.418 e. The van der Waals surface area contributed by atoms with Gasteiger partial charge >= 0.3 is 12.1 Å². The summed E-state index contributed by atoms with van der Waals surface area (Å²) in [4.78, 5) is 13.9. The van der Waals surface area contributed by atoms with Gasteiger partial charge in [0.2, 0.25) is 0 Å². The number of carbonyl (C=O) groups is 1. The molecule has 0 spiro atoms. The first-order valence-electron chi connectivity index (χ1n) is 7.45. The molecule has 1 aromatic rings. The van der Waals surface area contributed by atoms with Crippen LogP contribution < -0.4 is 10.6 Å². The fourth-order valence-electron chi connectivity index (χ4n) is 2.66. The molecular weight excluding hydrogens is 309 g/mol. The summed E-state index contributed by atoms with van der Waals surface area (Å²) in [7, 11) is 0. The van der Waals surface area contributed by atoms with E-state index < -0.39 is 29.4 Å². The van der Waals surface area contributed by atoms with Crippen molar-refractivity contribution in [1.82, 2.24) is 0 Å². The Kier molecular flexibility index (Phi) is 4.50. The summed E-state index contributed by atoms with van der Waals surface area (Å²) in [5, 5.41) is 0. The average molecular weight is 330 g/mol. The Morgan fingerprint density at radius 3 is 2.52 bits per heavy atom. The van der Waals surface area contributed by atoms with E-state index in [1.807, 2.05) is 0 Å². The van der Waals surface area contributed by atoms with Crippen molar-refractivity contribution in [1.29, 1.82) is 0 Å². The van der Waals surface area contributed by atoms with Gasteiger partial charge in [-0.15, -0.1) is 0 Å². The molecule has 23 heavy (non-hydrogen) atoms. The van der Waals surface area contributed by atoms with Crippen LogP contribution in [0.2, 0.25) is 0 Å². The summed E-state index contributed by atoms with van der Waals surface area (Å²) in [6.07, 6.45) is -3.25. The van der Waals surface area contributed by atoms with Crippen LogP contribution in [0.25, 0.3) is 0 Å². The number of halogens is 3. The minimum Gasteiger partial charge on any atom is -0.458 e. The van der Waals surface area contributed by atoms with Crippen molar-refractivity contribution in [2.45, 2.75) is 51.4 Å². The molecule has 0 unspecified atom stereocenters. The Balaban J connectivity index is 2.28. The van der Waals surface area contributed by atoms with Crippen LogP contribution in [0.3, 0.4) is 0 Å². The molecule has 0 radical (unpaired) electrons. The van der Waals surface area contributed by atoms with E-state index >= 15 is 0 Å². The van der Waals surface area contributed by atoms with E-state index in [1.165, 1.54) is 12.1 Å². The number of benzene rings is 1. The summed E-state index contributed by atoms with van der Waals surface area (Å²) >= 11 is 0. The third kappa shape index (κ3) is 4.09. The van der Waals surface area contributed by atoms with Crippen molar-refractivity contribution >= 4 is 17.3 Å². The first kappa shape index (κ1) is 17.4. The average Bonchev–Trinajstić information content (AvgIpc) is 2.85. The second-order valence-electron chi connectivity index (χ2n) is 6.65. The molecule has 0 amide bonds. The largest absolute Gasteiger partial charge is 0.458 e. The molecule has 7 heteroatoms. The molecular formula is C16H21F3N2O2. The first-order valence-corrected chi connectivity index (χ1v) is 7.45. The zero-order chi connectivity index (χ0) is 17.4. The minimum absolute atomic E-state index is 0.325. The van der Waals surface area contributed by atoms with Crippen molar-refractivity contribution in [3.63, 3.8) is 0 Å². The van der Waals surface area contributed by atoms with E-state index in [0.717, 1.165) is 12.5 Å². The van der Waals surface area contributed by atoms with Crippen LogP contribution in [0.5, 0.6) is 0 Å². The zero-order valence-corrected chi connectivity index (χ0v) is 13.4. The lowest BCUT2D eigenvalue weighted by Gasteiger charge is -2.29. The lowest BCUT2D eigenvalue weighted by atomic mass is 10.1. The SMILES string of the molecule is CC(C)(C)OC(=O)[C@@H]1CCCN1c1ccc(N)c(C(F)(F)F)c1. The van der Waals surface area contributed by atoms with E-state index in [1.54, 1.807) is 25.7 Å². The Hall–Kier alpha value is -1.92. The van der Waals surface area contributed by atoms with Gasteiger partial charge in [0, 0.05) is 17.9 Å². The predicted octanol–water partition coefficient (Wildman–Crippen LogP) is 3.60. The van der Waals surface area contributed by atoms with Gasteiger partial charge in [-0.2, -0.15) is 13.2 Å². The number of carbonyl (C=O) groups excluding carboxylic acids is 1. The monoisotopic (exact) mass is 330 g/mol.